The van der Waals surface area contributed by atoms with Gasteiger partial charge in [0, 0.05) is 22.2 Å². The molecule has 2 heteroatoms. The van der Waals surface area contributed by atoms with E-state index in [1.54, 1.807) is 0 Å². The fourth-order valence-electron chi connectivity index (χ4n) is 8.84. The van der Waals surface area contributed by atoms with Crippen molar-refractivity contribution in [2.45, 2.75) is 0 Å². The lowest BCUT2D eigenvalue weighted by Gasteiger charge is -2.30. The summed E-state index contributed by atoms with van der Waals surface area (Å²) in [4.78, 5) is 2.45. The van der Waals surface area contributed by atoms with Crippen molar-refractivity contribution >= 4 is 60.5 Å². The topological polar surface area (TPSA) is 16.4 Å². The van der Waals surface area contributed by atoms with Gasteiger partial charge in [-0.15, -0.1) is 0 Å². The fraction of sp³-hybridized carbons (Fsp3) is 0. The predicted octanol–water partition coefficient (Wildman–Crippen LogP) is 16.0. The van der Waals surface area contributed by atoms with Crippen molar-refractivity contribution in [3.63, 3.8) is 0 Å². The van der Waals surface area contributed by atoms with E-state index in [9.17, 15) is 0 Å². The first-order valence-electron chi connectivity index (χ1n) is 19.8. The zero-order valence-electron chi connectivity index (χ0n) is 31.7. The van der Waals surface area contributed by atoms with Gasteiger partial charge in [-0.1, -0.05) is 182 Å². The molecular weight excluding hydrogens is 703 g/mol. The van der Waals surface area contributed by atoms with Crippen LogP contribution in [0, 0.1) is 0 Å². The Bertz CT molecular complexity index is 3290. The first kappa shape index (κ1) is 33.6. The molecule has 0 unspecified atom stereocenters. The van der Waals surface area contributed by atoms with Crippen molar-refractivity contribution in [3.05, 3.63) is 224 Å². The van der Waals surface area contributed by atoms with Crippen LogP contribution in [0.2, 0.25) is 0 Å². The number of anilines is 3. The minimum absolute atomic E-state index is 0.862. The molecule has 0 aliphatic rings. The zero-order chi connectivity index (χ0) is 38.4. The zero-order valence-corrected chi connectivity index (χ0v) is 31.7. The molecule has 0 radical (unpaired) electrons. The summed E-state index contributed by atoms with van der Waals surface area (Å²) in [6.07, 6.45) is 0. The lowest BCUT2D eigenvalue weighted by atomic mass is 9.92. The molecule has 1 aromatic heterocycles. The number of para-hydroxylation sites is 2. The van der Waals surface area contributed by atoms with Crippen molar-refractivity contribution in [3.8, 4) is 44.5 Å². The van der Waals surface area contributed by atoms with Gasteiger partial charge < -0.3 is 9.32 Å². The van der Waals surface area contributed by atoms with Crippen molar-refractivity contribution in [1.82, 2.24) is 0 Å². The maximum absolute atomic E-state index is 6.85. The molecule has 0 fully saturated rings. The standard InChI is InChI=1S/C56H37NO/c1-3-18-38(19-4-1)43-25-9-10-28-47(43)49-30-13-15-32-52(49)57(53-35-34-45(39-20-5-2-6-21-39)56-55(53)50-31-14-16-33-54(50)58-56)42-24-17-23-40(36-42)51-37-41-22-7-8-26-44(41)46-27-11-12-29-48(46)51/h1-37H. The van der Waals surface area contributed by atoms with E-state index in [0.29, 0.717) is 0 Å². The van der Waals surface area contributed by atoms with Gasteiger partial charge >= 0.3 is 0 Å². The Morgan fingerprint density at radius 3 is 1.69 bits per heavy atom. The quantitative estimate of drug-likeness (QED) is 0.151. The molecule has 58 heavy (non-hydrogen) atoms. The second kappa shape index (κ2) is 14.1. The molecule has 0 aliphatic carbocycles. The number of fused-ring (bicyclic) bond motifs is 6. The third kappa shape index (κ3) is 5.66. The van der Waals surface area contributed by atoms with Crippen LogP contribution in [0.3, 0.4) is 0 Å². The Hall–Kier alpha value is -7.68. The number of nitrogens with zero attached hydrogens (tertiary/aromatic N) is 1. The third-order valence-corrected chi connectivity index (χ3v) is 11.5. The molecule has 11 rings (SSSR count). The molecule has 0 spiro atoms. The molecule has 10 aromatic carbocycles. The van der Waals surface area contributed by atoms with Gasteiger partial charge in [-0.3, -0.25) is 0 Å². The molecular formula is C56H37NO. The van der Waals surface area contributed by atoms with Gasteiger partial charge in [0.15, 0.2) is 0 Å². The smallest absolute Gasteiger partial charge is 0.145 e. The van der Waals surface area contributed by atoms with Gasteiger partial charge in [0.1, 0.15) is 11.2 Å². The summed E-state index contributed by atoms with van der Waals surface area (Å²) < 4.78 is 6.85. The average molecular weight is 740 g/mol. The van der Waals surface area contributed by atoms with E-state index in [1.165, 1.54) is 43.8 Å². The molecule has 0 N–H and O–H groups in total. The number of hydrogen-bond acceptors (Lipinski definition) is 2. The maximum Gasteiger partial charge on any atom is 0.145 e. The van der Waals surface area contributed by atoms with Crippen molar-refractivity contribution < 1.29 is 4.42 Å². The van der Waals surface area contributed by atoms with Crippen LogP contribution in [0.4, 0.5) is 17.1 Å². The summed E-state index contributed by atoms with van der Waals surface area (Å²) in [5, 5.41) is 7.13. The number of benzene rings is 10. The van der Waals surface area contributed by atoms with Gasteiger partial charge in [0.05, 0.1) is 16.8 Å². The minimum Gasteiger partial charge on any atom is -0.455 e. The van der Waals surface area contributed by atoms with Crippen LogP contribution < -0.4 is 4.90 Å². The molecule has 0 saturated heterocycles. The van der Waals surface area contributed by atoms with Gasteiger partial charge in [-0.05, 0) is 97.4 Å². The van der Waals surface area contributed by atoms with E-state index < -0.39 is 0 Å². The molecule has 0 atom stereocenters. The SMILES string of the molecule is c1ccc(-c2ccccc2-c2ccccc2N(c2cccc(-c3cc4ccccc4c4ccccc34)c2)c2ccc(-c3ccccc3)c3oc4ccccc4c23)cc1. The van der Waals surface area contributed by atoms with Crippen LogP contribution in [0.1, 0.15) is 0 Å². The molecule has 11 aromatic rings. The van der Waals surface area contributed by atoms with E-state index >= 15 is 0 Å². The van der Waals surface area contributed by atoms with E-state index in [-0.39, 0.29) is 0 Å². The fourth-order valence-corrected chi connectivity index (χ4v) is 8.84. The number of furan rings is 1. The maximum atomic E-state index is 6.85. The average Bonchev–Trinajstić information content (AvgIpc) is 3.70. The first-order chi connectivity index (χ1) is 28.8. The van der Waals surface area contributed by atoms with E-state index in [2.05, 4.69) is 229 Å². The summed E-state index contributed by atoms with van der Waals surface area (Å²) in [6, 6.07) is 80.6. The van der Waals surface area contributed by atoms with E-state index in [4.69, 9.17) is 4.42 Å². The van der Waals surface area contributed by atoms with Crippen LogP contribution in [-0.4, -0.2) is 0 Å². The third-order valence-electron chi connectivity index (χ3n) is 11.5. The predicted molar refractivity (Wildman–Crippen MR) is 245 cm³/mol. The van der Waals surface area contributed by atoms with E-state index in [1.807, 2.05) is 0 Å². The summed E-state index contributed by atoms with van der Waals surface area (Å²) in [5.41, 5.74) is 14.1. The highest BCUT2D eigenvalue weighted by Crippen LogP contribution is 2.50. The Morgan fingerprint density at radius 2 is 0.897 bits per heavy atom. The molecule has 272 valence electrons. The summed E-state index contributed by atoms with van der Waals surface area (Å²) in [5.74, 6) is 0. The lowest BCUT2D eigenvalue weighted by molar-refractivity contribution is 0.670. The number of hydrogen-bond donors (Lipinski definition) is 0. The summed E-state index contributed by atoms with van der Waals surface area (Å²) >= 11 is 0. The second-order valence-electron chi connectivity index (χ2n) is 14.8. The Balaban J connectivity index is 1.21. The van der Waals surface area contributed by atoms with Crippen LogP contribution in [0.15, 0.2) is 229 Å². The van der Waals surface area contributed by atoms with Gasteiger partial charge in [0.2, 0.25) is 0 Å². The van der Waals surface area contributed by atoms with E-state index in [0.717, 1.165) is 61.3 Å². The lowest BCUT2D eigenvalue weighted by Crippen LogP contribution is -2.12. The monoisotopic (exact) mass is 739 g/mol. The highest BCUT2D eigenvalue weighted by Gasteiger charge is 2.25. The van der Waals surface area contributed by atoms with Crippen molar-refractivity contribution in [2.75, 3.05) is 4.90 Å². The summed E-state index contributed by atoms with van der Waals surface area (Å²) in [7, 11) is 0. The van der Waals surface area contributed by atoms with Crippen LogP contribution in [0.25, 0.3) is 88.0 Å². The molecule has 0 saturated carbocycles. The van der Waals surface area contributed by atoms with Gasteiger partial charge in [-0.2, -0.15) is 0 Å². The van der Waals surface area contributed by atoms with Gasteiger partial charge in [0.25, 0.3) is 0 Å². The van der Waals surface area contributed by atoms with Gasteiger partial charge in [-0.25, -0.2) is 0 Å². The Labute approximate surface area is 337 Å². The Kier molecular flexibility index (Phi) is 8.19. The van der Waals surface area contributed by atoms with Crippen LogP contribution in [-0.2, 0) is 0 Å². The van der Waals surface area contributed by atoms with Crippen molar-refractivity contribution in [1.29, 1.82) is 0 Å². The molecule has 0 bridgehead atoms. The molecule has 2 nitrogen and oxygen atoms in total. The van der Waals surface area contributed by atoms with Crippen molar-refractivity contribution in [2.24, 2.45) is 0 Å². The minimum atomic E-state index is 0.862. The van der Waals surface area contributed by atoms with Crippen LogP contribution in [0.5, 0.6) is 0 Å². The first-order valence-corrected chi connectivity index (χ1v) is 19.8. The second-order valence-corrected chi connectivity index (χ2v) is 14.8. The Morgan fingerprint density at radius 1 is 0.310 bits per heavy atom. The molecule has 0 aliphatic heterocycles. The molecule has 0 amide bonds. The largest absolute Gasteiger partial charge is 0.455 e. The normalized spacial score (nSPS) is 11.4. The molecule has 1 heterocycles. The summed E-state index contributed by atoms with van der Waals surface area (Å²) in [6.45, 7) is 0. The highest BCUT2D eigenvalue weighted by molar-refractivity contribution is 6.18. The highest BCUT2D eigenvalue weighted by atomic mass is 16.3. The number of rotatable bonds is 7. The van der Waals surface area contributed by atoms with Crippen LogP contribution >= 0.6 is 0 Å².